The smallest absolute Gasteiger partial charge is 0.299 e. The van der Waals surface area contributed by atoms with E-state index >= 15 is 0 Å². The molecule has 0 bridgehead atoms. The van der Waals surface area contributed by atoms with Gasteiger partial charge >= 0.3 is 0 Å². The number of Topliss-reactive ketones (excluding diaryl/α,β-unsaturated/α-hetero) is 1. The largest absolute Gasteiger partial charge is 0.313 e. The van der Waals surface area contributed by atoms with Crippen molar-refractivity contribution in [2.45, 2.75) is 13.3 Å². The number of carbonyl (C=O) groups excluding carboxylic acids is 2. The zero-order chi connectivity index (χ0) is 14.7. The van der Waals surface area contributed by atoms with Gasteiger partial charge in [0.25, 0.3) is 11.7 Å². The van der Waals surface area contributed by atoms with Gasteiger partial charge in [0, 0.05) is 17.6 Å². The lowest BCUT2D eigenvalue weighted by Gasteiger charge is -2.19. The first-order valence-electron chi connectivity index (χ1n) is 6.58. The Morgan fingerprint density at radius 2 is 2.15 bits per heavy atom. The Kier molecular flexibility index (Phi) is 4.73. The summed E-state index contributed by atoms with van der Waals surface area (Å²) in [6.07, 6.45) is 1.04. The highest BCUT2D eigenvalue weighted by molar-refractivity contribution is 9.10. The number of amides is 1. The summed E-state index contributed by atoms with van der Waals surface area (Å²) in [5.41, 5.74) is 1.99. The van der Waals surface area contributed by atoms with E-state index in [1.807, 2.05) is 6.07 Å². The SMILES string of the molecule is C=C(CNCCC)CN1C(=O)C(=O)c2cccc(Br)c21. The summed E-state index contributed by atoms with van der Waals surface area (Å²) in [6.45, 7) is 7.97. The number of fused-ring (bicyclic) bond motifs is 1. The Morgan fingerprint density at radius 3 is 2.85 bits per heavy atom. The standard InChI is InChI=1S/C15H17BrN2O2/c1-3-7-17-8-10(2)9-18-13-11(14(19)15(18)20)5-4-6-12(13)16/h4-6,17H,2-3,7-9H2,1H3. The third-order valence-electron chi connectivity index (χ3n) is 3.12. The second-order valence-corrected chi connectivity index (χ2v) is 5.64. The molecule has 20 heavy (non-hydrogen) atoms. The van der Waals surface area contributed by atoms with Crippen molar-refractivity contribution >= 4 is 33.3 Å². The quantitative estimate of drug-likeness (QED) is 0.493. The van der Waals surface area contributed by atoms with E-state index < -0.39 is 11.7 Å². The van der Waals surface area contributed by atoms with Gasteiger partial charge in [-0.3, -0.25) is 14.5 Å². The lowest BCUT2D eigenvalue weighted by molar-refractivity contribution is -0.114. The van der Waals surface area contributed by atoms with Crippen LogP contribution in [0.15, 0.2) is 34.8 Å². The number of nitrogens with zero attached hydrogens (tertiary/aromatic N) is 1. The van der Waals surface area contributed by atoms with Crippen LogP contribution in [0.25, 0.3) is 0 Å². The molecule has 4 nitrogen and oxygen atoms in total. The van der Waals surface area contributed by atoms with Crippen LogP contribution in [-0.2, 0) is 4.79 Å². The molecule has 0 aromatic heterocycles. The minimum Gasteiger partial charge on any atom is -0.313 e. The van der Waals surface area contributed by atoms with Crippen LogP contribution >= 0.6 is 15.9 Å². The Labute approximate surface area is 127 Å². The summed E-state index contributed by atoms with van der Waals surface area (Å²) < 4.78 is 0.753. The first kappa shape index (κ1) is 14.9. The molecule has 0 saturated carbocycles. The summed E-state index contributed by atoms with van der Waals surface area (Å²) in [4.78, 5) is 25.5. The molecule has 5 heteroatoms. The van der Waals surface area contributed by atoms with Gasteiger partial charge in [-0.15, -0.1) is 0 Å². The van der Waals surface area contributed by atoms with Crippen LogP contribution in [-0.4, -0.2) is 31.3 Å². The predicted molar refractivity (Wildman–Crippen MR) is 83.1 cm³/mol. The van der Waals surface area contributed by atoms with Crippen LogP contribution in [0.5, 0.6) is 0 Å². The van der Waals surface area contributed by atoms with Crippen molar-refractivity contribution in [3.05, 3.63) is 40.4 Å². The number of hydrogen-bond donors (Lipinski definition) is 1. The van der Waals surface area contributed by atoms with Gasteiger partial charge in [0.1, 0.15) is 0 Å². The summed E-state index contributed by atoms with van der Waals surface area (Å²) in [6, 6.07) is 5.27. The highest BCUT2D eigenvalue weighted by atomic mass is 79.9. The Hall–Kier alpha value is -1.46. The van der Waals surface area contributed by atoms with Gasteiger partial charge in [0.2, 0.25) is 0 Å². The van der Waals surface area contributed by atoms with E-state index in [-0.39, 0.29) is 0 Å². The average Bonchev–Trinajstić information content (AvgIpc) is 2.66. The fraction of sp³-hybridized carbons (Fsp3) is 0.333. The van der Waals surface area contributed by atoms with E-state index in [9.17, 15) is 9.59 Å². The Morgan fingerprint density at radius 1 is 1.40 bits per heavy atom. The van der Waals surface area contributed by atoms with Crippen molar-refractivity contribution in [2.75, 3.05) is 24.5 Å². The van der Waals surface area contributed by atoms with Crippen molar-refractivity contribution in [1.82, 2.24) is 5.32 Å². The Bertz CT molecular complexity index is 569. The molecule has 0 aliphatic carbocycles. The zero-order valence-electron chi connectivity index (χ0n) is 11.4. The number of rotatable bonds is 6. The number of halogens is 1. The van der Waals surface area contributed by atoms with Crippen LogP contribution < -0.4 is 10.2 Å². The number of anilines is 1. The summed E-state index contributed by atoms with van der Waals surface area (Å²) in [5.74, 6) is -0.931. The second kappa shape index (κ2) is 6.33. The maximum atomic E-state index is 12.1. The Balaban J connectivity index is 2.16. The average molecular weight is 337 g/mol. The van der Waals surface area contributed by atoms with Crippen LogP contribution in [0, 0.1) is 0 Å². The van der Waals surface area contributed by atoms with Gasteiger partial charge in [-0.05, 0) is 46.6 Å². The van der Waals surface area contributed by atoms with Gasteiger partial charge in [0.15, 0.2) is 0 Å². The third-order valence-corrected chi connectivity index (χ3v) is 3.76. The second-order valence-electron chi connectivity index (χ2n) is 4.78. The third kappa shape index (κ3) is 2.83. The van der Waals surface area contributed by atoms with E-state index in [0.29, 0.717) is 24.3 Å². The maximum absolute atomic E-state index is 12.1. The molecule has 0 saturated heterocycles. The predicted octanol–water partition coefficient (Wildman–Crippen LogP) is 2.53. The van der Waals surface area contributed by atoms with Crippen molar-refractivity contribution < 1.29 is 9.59 Å². The molecular formula is C15H17BrN2O2. The highest BCUT2D eigenvalue weighted by Crippen LogP contribution is 2.36. The van der Waals surface area contributed by atoms with E-state index in [2.05, 4.69) is 34.7 Å². The van der Waals surface area contributed by atoms with Crippen LogP contribution in [0.4, 0.5) is 5.69 Å². The molecule has 0 fully saturated rings. The molecule has 106 valence electrons. The van der Waals surface area contributed by atoms with Gasteiger partial charge in [-0.1, -0.05) is 19.6 Å². The normalized spacial score (nSPS) is 13.8. The van der Waals surface area contributed by atoms with Crippen molar-refractivity contribution in [1.29, 1.82) is 0 Å². The minimum atomic E-state index is -0.483. The van der Waals surface area contributed by atoms with Crippen molar-refractivity contribution in [2.24, 2.45) is 0 Å². The monoisotopic (exact) mass is 336 g/mol. The molecule has 1 aromatic carbocycles. The first-order chi connectivity index (χ1) is 9.56. The number of benzene rings is 1. The number of nitrogens with one attached hydrogen (secondary N) is 1. The van der Waals surface area contributed by atoms with Gasteiger partial charge in [-0.25, -0.2) is 0 Å². The molecule has 0 spiro atoms. The summed E-state index contributed by atoms with van der Waals surface area (Å²) in [5, 5.41) is 3.24. The first-order valence-corrected chi connectivity index (χ1v) is 7.37. The van der Waals surface area contributed by atoms with E-state index in [1.165, 1.54) is 4.90 Å². The molecular weight excluding hydrogens is 320 g/mol. The highest BCUT2D eigenvalue weighted by Gasteiger charge is 2.37. The summed E-state index contributed by atoms with van der Waals surface area (Å²) in [7, 11) is 0. The zero-order valence-corrected chi connectivity index (χ0v) is 13.0. The van der Waals surface area contributed by atoms with Gasteiger partial charge in [0.05, 0.1) is 11.3 Å². The van der Waals surface area contributed by atoms with E-state index in [4.69, 9.17) is 0 Å². The van der Waals surface area contributed by atoms with Crippen LogP contribution in [0.2, 0.25) is 0 Å². The topological polar surface area (TPSA) is 49.4 Å². The summed E-state index contributed by atoms with van der Waals surface area (Å²) >= 11 is 3.41. The van der Waals surface area contributed by atoms with Crippen LogP contribution in [0.3, 0.4) is 0 Å². The molecule has 1 aromatic rings. The number of para-hydroxylation sites is 1. The molecule has 0 unspecified atom stereocenters. The molecule has 1 aliphatic heterocycles. The van der Waals surface area contributed by atoms with Crippen molar-refractivity contribution in [3.8, 4) is 0 Å². The molecule has 1 heterocycles. The number of ketones is 1. The number of hydrogen-bond acceptors (Lipinski definition) is 3. The lowest BCUT2D eigenvalue weighted by atomic mass is 10.1. The number of carbonyl (C=O) groups is 2. The van der Waals surface area contributed by atoms with Crippen molar-refractivity contribution in [3.63, 3.8) is 0 Å². The molecule has 1 N–H and O–H groups in total. The van der Waals surface area contributed by atoms with Gasteiger partial charge < -0.3 is 5.32 Å². The van der Waals surface area contributed by atoms with E-state index in [1.54, 1.807) is 12.1 Å². The molecule has 0 radical (unpaired) electrons. The van der Waals surface area contributed by atoms with Crippen LogP contribution in [0.1, 0.15) is 23.7 Å². The fourth-order valence-corrected chi connectivity index (χ4v) is 2.76. The molecule has 1 amide bonds. The fourth-order valence-electron chi connectivity index (χ4n) is 2.18. The minimum absolute atomic E-state index is 0.358. The molecule has 1 aliphatic rings. The molecule has 2 rings (SSSR count). The molecule has 0 atom stereocenters. The lowest BCUT2D eigenvalue weighted by Crippen LogP contribution is -2.33. The van der Waals surface area contributed by atoms with E-state index in [0.717, 1.165) is 23.0 Å². The maximum Gasteiger partial charge on any atom is 0.299 e. The van der Waals surface area contributed by atoms with Gasteiger partial charge in [-0.2, -0.15) is 0 Å².